The molecule has 0 spiro atoms. The van der Waals surface area contributed by atoms with Gasteiger partial charge in [-0.15, -0.1) is 0 Å². The van der Waals surface area contributed by atoms with Crippen LogP contribution in [0.5, 0.6) is 0 Å². The van der Waals surface area contributed by atoms with Crippen LogP contribution >= 0.6 is 23.2 Å². The van der Waals surface area contributed by atoms with E-state index in [1.54, 1.807) is 12.1 Å². The minimum Gasteiger partial charge on any atom is -0.391 e. The number of carbonyl (C=O) groups excluding carboxylic acids is 1. The Morgan fingerprint density at radius 1 is 1.39 bits per heavy atom. The molecule has 1 atom stereocenters. The first-order valence-corrected chi connectivity index (χ1v) is 6.38. The van der Waals surface area contributed by atoms with E-state index in [9.17, 15) is 9.90 Å². The van der Waals surface area contributed by atoms with Gasteiger partial charge >= 0.3 is 0 Å². The Morgan fingerprint density at radius 2 is 2.00 bits per heavy atom. The zero-order chi connectivity index (χ0) is 13.9. The van der Waals surface area contributed by atoms with E-state index in [1.165, 1.54) is 6.07 Å². The maximum absolute atomic E-state index is 11.9. The van der Waals surface area contributed by atoms with Gasteiger partial charge in [0.25, 0.3) is 5.91 Å². The number of halogens is 2. The number of aliphatic hydroxyl groups excluding tert-OH is 1. The normalized spacial score (nSPS) is 13.2. The molecule has 0 saturated carbocycles. The van der Waals surface area contributed by atoms with Crippen molar-refractivity contribution in [3.63, 3.8) is 0 Å². The molecule has 2 N–H and O–H groups in total. The Bertz CT molecular complexity index is 441. The summed E-state index contributed by atoms with van der Waals surface area (Å²) < 4.78 is 0. The third kappa shape index (κ3) is 4.16. The number of nitrogens with one attached hydrogen (secondary N) is 1. The summed E-state index contributed by atoms with van der Waals surface area (Å²) in [6.45, 7) is 5.87. The van der Waals surface area contributed by atoms with Gasteiger partial charge in [-0.2, -0.15) is 0 Å². The lowest BCUT2D eigenvalue weighted by Gasteiger charge is -2.25. The molecule has 0 aliphatic carbocycles. The molecule has 0 aromatic heterocycles. The number of aliphatic hydroxyl groups is 1. The van der Waals surface area contributed by atoms with E-state index in [0.717, 1.165) is 0 Å². The van der Waals surface area contributed by atoms with Gasteiger partial charge < -0.3 is 10.4 Å². The number of rotatable bonds is 3. The molecular weight excluding hydrogens is 273 g/mol. The first kappa shape index (κ1) is 15.3. The highest BCUT2D eigenvalue weighted by molar-refractivity contribution is 6.35. The number of hydrogen-bond donors (Lipinski definition) is 2. The molecule has 1 aromatic carbocycles. The summed E-state index contributed by atoms with van der Waals surface area (Å²) in [5.74, 6) is -0.342. The van der Waals surface area contributed by atoms with Crippen LogP contribution in [-0.4, -0.2) is 23.7 Å². The van der Waals surface area contributed by atoms with Crippen molar-refractivity contribution in [3.05, 3.63) is 33.8 Å². The highest BCUT2D eigenvalue weighted by atomic mass is 35.5. The molecule has 1 aromatic rings. The van der Waals surface area contributed by atoms with Crippen molar-refractivity contribution in [2.45, 2.75) is 26.9 Å². The standard InChI is InChI=1S/C13H17Cl2NO2/c1-13(2,3)11(17)7-16-12(18)9-6-8(14)4-5-10(9)15/h4-6,11,17H,7H2,1-3H3,(H,16,18). The average molecular weight is 290 g/mol. The number of benzene rings is 1. The van der Waals surface area contributed by atoms with Crippen LogP contribution in [0.1, 0.15) is 31.1 Å². The van der Waals surface area contributed by atoms with Gasteiger partial charge in [0.05, 0.1) is 16.7 Å². The van der Waals surface area contributed by atoms with Crippen LogP contribution in [-0.2, 0) is 0 Å². The molecule has 0 aliphatic heterocycles. The molecule has 0 aliphatic rings. The van der Waals surface area contributed by atoms with E-state index in [0.29, 0.717) is 15.6 Å². The average Bonchev–Trinajstić information content (AvgIpc) is 2.27. The molecule has 0 saturated heterocycles. The Labute approximate surface area is 117 Å². The largest absolute Gasteiger partial charge is 0.391 e. The van der Waals surface area contributed by atoms with Crippen LogP contribution < -0.4 is 5.32 Å². The monoisotopic (exact) mass is 289 g/mol. The van der Waals surface area contributed by atoms with E-state index >= 15 is 0 Å². The smallest absolute Gasteiger partial charge is 0.252 e. The highest BCUT2D eigenvalue weighted by Gasteiger charge is 2.23. The van der Waals surface area contributed by atoms with Crippen molar-refractivity contribution >= 4 is 29.1 Å². The summed E-state index contributed by atoms with van der Waals surface area (Å²) in [5, 5.41) is 13.3. The third-order valence-electron chi connectivity index (χ3n) is 2.63. The second-order valence-electron chi connectivity index (χ2n) is 5.22. The van der Waals surface area contributed by atoms with Gasteiger partial charge in [0, 0.05) is 11.6 Å². The van der Waals surface area contributed by atoms with Gasteiger partial charge in [-0.3, -0.25) is 4.79 Å². The molecule has 0 bridgehead atoms. The van der Waals surface area contributed by atoms with Crippen LogP contribution in [0.3, 0.4) is 0 Å². The molecule has 0 heterocycles. The Morgan fingerprint density at radius 3 is 2.56 bits per heavy atom. The first-order valence-electron chi connectivity index (χ1n) is 5.63. The van der Waals surface area contributed by atoms with E-state index in [1.807, 2.05) is 20.8 Å². The van der Waals surface area contributed by atoms with Gasteiger partial charge in [0.1, 0.15) is 0 Å². The lowest BCUT2D eigenvalue weighted by molar-refractivity contribution is 0.0587. The second kappa shape index (κ2) is 5.91. The topological polar surface area (TPSA) is 49.3 Å². The van der Waals surface area contributed by atoms with Crippen molar-refractivity contribution < 1.29 is 9.90 Å². The quantitative estimate of drug-likeness (QED) is 0.898. The summed E-state index contributed by atoms with van der Waals surface area (Å²) in [6, 6.07) is 4.69. The van der Waals surface area contributed by atoms with E-state index in [-0.39, 0.29) is 17.9 Å². The molecule has 0 radical (unpaired) electrons. The highest BCUT2D eigenvalue weighted by Crippen LogP contribution is 2.21. The molecule has 5 heteroatoms. The molecule has 3 nitrogen and oxygen atoms in total. The lowest BCUT2D eigenvalue weighted by atomic mass is 9.89. The minimum absolute atomic E-state index is 0.172. The summed E-state index contributed by atoms with van der Waals surface area (Å²) in [7, 11) is 0. The fraction of sp³-hybridized carbons (Fsp3) is 0.462. The summed E-state index contributed by atoms with van der Waals surface area (Å²) in [6.07, 6.45) is -0.626. The number of carbonyl (C=O) groups is 1. The predicted octanol–water partition coefficient (Wildman–Crippen LogP) is 3.13. The van der Waals surface area contributed by atoms with Crippen molar-refractivity contribution in [1.29, 1.82) is 0 Å². The predicted molar refractivity (Wildman–Crippen MR) is 74.3 cm³/mol. The summed E-state index contributed by atoms with van der Waals surface area (Å²) in [5.41, 5.74) is 0.0241. The van der Waals surface area contributed by atoms with Gasteiger partial charge in [-0.25, -0.2) is 0 Å². The number of hydrogen-bond acceptors (Lipinski definition) is 2. The zero-order valence-corrected chi connectivity index (χ0v) is 12.1. The van der Waals surface area contributed by atoms with Crippen LogP contribution in [0.4, 0.5) is 0 Å². The fourth-order valence-electron chi connectivity index (χ4n) is 1.26. The maximum Gasteiger partial charge on any atom is 0.252 e. The van der Waals surface area contributed by atoms with Crippen LogP contribution in [0.2, 0.25) is 10.0 Å². The number of amides is 1. The first-order chi connectivity index (χ1) is 8.21. The van der Waals surface area contributed by atoms with Gasteiger partial charge in [-0.1, -0.05) is 44.0 Å². The van der Waals surface area contributed by atoms with Crippen molar-refractivity contribution in [2.75, 3.05) is 6.54 Å². The zero-order valence-electron chi connectivity index (χ0n) is 10.6. The molecule has 1 amide bonds. The van der Waals surface area contributed by atoms with Gasteiger partial charge in [0.15, 0.2) is 0 Å². The maximum atomic E-state index is 11.9. The molecule has 0 fully saturated rings. The minimum atomic E-state index is -0.626. The van der Waals surface area contributed by atoms with Crippen molar-refractivity contribution in [3.8, 4) is 0 Å². The van der Waals surface area contributed by atoms with Gasteiger partial charge in [0.2, 0.25) is 0 Å². The SMILES string of the molecule is CC(C)(C)C(O)CNC(=O)c1cc(Cl)ccc1Cl. The second-order valence-corrected chi connectivity index (χ2v) is 6.06. The van der Waals surface area contributed by atoms with Crippen LogP contribution in [0.25, 0.3) is 0 Å². The lowest BCUT2D eigenvalue weighted by Crippen LogP contribution is -2.39. The molecule has 100 valence electrons. The van der Waals surface area contributed by atoms with Crippen LogP contribution in [0.15, 0.2) is 18.2 Å². The Kier molecular flexibility index (Phi) is 5.02. The summed E-state index contributed by atoms with van der Waals surface area (Å²) in [4.78, 5) is 11.9. The van der Waals surface area contributed by atoms with E-state index < -0.39 is 6.10 Å². The van der Waals surface area contributed by atoms with Gasteiger partial charge in [-0.05, 0) is 23.6 Å². The molecule has 1 rings (SSSR count). The molecule has 18 heavy (non-hydrogen) atoms. The Balaban J connectivity index is 2.69. The van der Waals surface area contributed by atoms with Crippen molar-refractivity contribution in [1.82, 2.24) is 5.32 Å². The molecular formula is C13H17Cl2NO2. The van der Waals surface area contributed by atoms with E-state index in [2.05, 4.69) is 5.32 Å². The van der Waals surface area contributed by atoms with Crippen molar-refractivity contribution in [2.24, 2.45) is 5.41 Å². The molecule has 1 unspecified atom stereocenters. The van der Waals surface area contributed by atoms with E-state index in [4.69, 9.17) is 23.2 Å². The summed E-state index contributed by atoms with van der Waals surface area (Å²) >= 11 is 11.7. The van der Waals surface area contributed by atoms with Crippen LogP contribution in [0, 0.1) is 5.41 Å². The fourth-order valence-corrected chi connectivity index (χ4v) is 1.64. The Hall–Kier alpha value is -0.770. The third-order valence-corrected chi connectivity index (χ3v) is 3.19.